The van der Waals surface area contributed by atoms with Gasteiger partial charge in [-0.3, -0.25) is 4.79 Å². The van der Waals surface area contributed by atoms with Crippen molar-refractivity contribution in [3.8, 4) is 5.75 Å². The lowest BCUT2D eigenvalue weighted by Gasteiger charge is -2.21. The van der Waals surface area contributed by atoms with E-state index in [4.69, 9.17) is 4.74 Å². The summed E-state index contributed by atoms with van der Waals surface area (Å²) >= 11 is 3.39. The van der Waals surface area contributed by atoms with Gasteiger partial charge < -0.3 is 10.1 Å². The van der Waals surface area contributed by atoms with Crippen LogP contribution in [0.1, 0.15) is 49.4 Å². The zero-order chi connectivity index (χ0) is 17.8. The molecule has 0 saturated carbocycles. The van der Waals surface area contributed by atoms with Gasteiger partial charge in [0.05, 0.1) is 6.04 Å². The van der Waals surface area contributed by atoms with Crippen molar-refractivity contribution in [2.75, 3.05) is 0 Å². The number of nitrogens with one attached hydrogen (secondary N) is 1. The third-order valence-electron chi connectivity index (χ3n) is 4.73. The number of halogens is 1. The van der Waals surface area contributed by atoms with Crippen LogP contribution in [-0.2, 0) is 17.6 Å². The fourth-order valence-electron chi connectivity index (χ4n) is 3.21. The normalized spacial score (nSPS) is 15.8. The molecule has 0 bridgehead atoms. The molecular formula is C21H24BrNO2. The van der Waals surface area contributed by atoms with Crippen LogP contribution in [-0.4, -0.2) is 12.0 Å². The second-order valence-corrected chi connectivity index (χ2v) is 7.60. The molecule has 0 heterocycles. The van der Waals surface area contributed by atoms with Crippen LogP contribution < -0.4 is 10.1 Å². The van der Waals surface area contributed by atoms with Crippen molar-refractivity contribution in [3.63, 3.8) is 0 Å². The van der Waals surface area contributed by atoms with Crippen molar-refractivity contribution in [2.24, 2.45) is 0 Å². The molecule has 0 radical (unpaired) electrons. The Morgan fingerprint density at radius 1 is 1.04 bits per heavy atom. The fourth-order valence-corrected chi connectivity index (χ4v) is 3.47. The third-order valence-corrected chi connectivity index (χ3v) is 5.26. The van der Waals surface area contributed by atoms with E-state index in [0.717, 1.165) is 16.5 Å². The highest BCUT2D eigenvalue weighted by Crippen LogP contribution is 2.25. The largest absolute Gasteiger partial charge is 0.481 e. The first kappa shape index (κ1) is 18.0. The first-order chi connectivity index (χ1) is 12.0. The summed E-state index contributed by atoms with van der Waals surface area (Å²) in [4.78, 5) is 12.4. The summed E-state index contributed by atoms with van der Waals surface area (Å²) in [6.45, 7) is 3.80. The fraction of sp³-hybridized carbons (Fsp3) is 0.381. The number of hydrogen-bond acceptors (Lipinski definition) is 2. The first-order valence-corrected chi connectivity index (χ1v) is 9.66. The third kappa shape index (κ3) is 4.63. The minimum Gasteiger partial charge on any atom is -0.481 e. The van der Waals surface area contributed by atoms with Gasteiger partial charge in [0.1, 0.15) is 5.75 Å². The molecule has 1 N–H and O–H groups in total. The standard InChI is InChI=1S/C21H24BrNO2/c1-14(17-8-7-16-5-3-4-6-18(16)13-17)23-21(24)15(2)25-20-11-9-19(22)10-12-20/h7-15H,3-6H2,1-2H3,(H,23,24)/t14-,15-/m0/s1. The van der Waals surface area contributed by atoms with Gasteiger partial charge in [-0.25, -0.2) is 0 Å². The number of ether oxygens (including phenoxy) is 1. The van der Waals surface area contributed by atoms with E-state index in [9.17, 15) is 4.79 Å². The van der Waals surface area contributed by atoms with Gasteiger partial charge in [0.2, 0.25) is 0 Å². The van der Waals surface area contributed by atoms with Crippen LogP contribution in [0.25, 0.3) is 0 Å². The predicted molar refractivity (Wildman–Crippen MR) is 104 cm³/mol. The van der Waals surface area contributed by atoms with Crippen LogP contribution in [0.3, 0.4) is 0 Å². The van der Waals surface area contributed by atoms with Crippen LogP contribution in [0.4, 0.5) is 0 Å². The molecule has 4 heteroatoms. The van der Waals surface area contributed by atoms with Gasteiger partial charge in [-0.15, -0.1) is 0 Å². The maximum absolute atomic E-state index is 12.4. The highest BCUT2D eigenvalue weighted by molar-refractivity contribution is 9.10. The minimum atomic E-state index is -0.541. The number of rotatable bonds is 5. The molecule has 1 amide bonds. The number of fused-ring (bicyclic) bond motifs is 1. The van der Waals surface area contributed by atoms with E-state index in [-0.39, 0.29) is 11.9 Å². The molecule has 2 aromatic rings. The average Bonchev–Trinajstić information content (AvgIpc) is 2.63. The van der Waals surface area contributed by atoms with E-state index in [1.54, 1.807) is 6.92 Å². The Hall–Kier alpha value is -1.81. The molecule has 2 atom stereocenters. The molecule has 25 heavy (non-hydrogen) atoms. The van der Waals surface area contributed by atoms with Gasteiger partial charge in [-0.05, 0) is 80.5 Å². The van der Waals surface area contributed by atoms with E-state index >= 15 is 0 Å². The second kappa shape index (κ2) is 8.05. The zero-order valence-corrected chi connectivity index (χ0v) is 16.3. The summed E-state index contributed by atoms with van der Waals surface area (Å²) < 4.78 is 6.71. The van der Waals surface area contributed by atoms with Gasteiger partial charge in [0, 0.05) is 4.47 Å². The molecule has 3 rings (SSSR count). The smallest absolute Gasteiger partial charge is 0.261 e. The summed E-state index contributed by atoms with van der Waals surface area (Å²) in [6.07, 6.45) is 4.32. The number of aryl methyl sites for hydroxylation is 2. The van der Waals surface area contributed by atoms with Gasteiger partial charge in [0.15, 0.2) is 6.10 Å². The van der Waals surface area contributed by atoms with Crippen LogP contribution >= 0.6 is 15.9 Å². The van der Waals surface area contributed by atoms with E-state index in [1.807, 2.05) is 31.2 Å². The SMILES string of the molecule is C[C@H](Oc1ccc(Br)cc1)C(=O)N[C@@H](C)c1ccc2c(c1)CCCC2. The minimum absolute atomic E-state index is 0.0318. The number of carbonyl (C=O) groups is 1. The van der Waals surface area contributed by atoms with Crippen molar-refractivity contribution < 1.29 is 9.53 Å². The van der Waals surface area contributed by atoms with Crippen LogP contribution in [0.5, 0.6) is 5.75 Å². The maximum Gasteiger partial charge on any atom is 0.261 e. The predicted octanol–water partition coefficient (Wildman–Crippen LogP) is 4.97. The molecule has 0 saturated heterocycles. The lowest BCUT2D eigenvalue weighted by Crippen LogP contribution is -2.37. The monoisotopic (exact) mass is 401 g/mol. The van der Waals surface area contributed by atoms with E-state index in [2.05, 4.69) is 39.4 Å². The van der Waals surface area contributed by atoms with Crippen molar-refractivity contribution in [2.45, 2.75) is 51.7 Å². The molecule has 0 spiro atoms. The van der Waals surface area contributed by atoms with Gasteiger partial charge in [0.25, 0.3) is 5.91 Å². The Morgan fingerprint density at radius 3 is 2.44 bits per heavy atom. The lowest BCUT2D eigenvalue weighted by atomic mass is 9.89. The summed E-state index contributed by atoms with van der Waals surface area (Å²) in [5.41, 5.74) is 4.05. The highest BCUT2D eigenvalue weighted by Gasteiger charge is 2.19. The highest BCUT2D eigenvalue weighted by atomic mass is 79.9. The van der Waals surface area contributed by atoms with Gasteiger partial charge >= 0.3 is 0 Å². The Balaban J connectivity index is 1.60. The molecule has 0 unspecified atom stereocenters. The Labute approximate surface area is 157 Å². The molecule has 132 valence electrons. The lowest BCUT2D eigenvalue weighted by molar-refractivity contribution is -0.127. The Morgan fingerprint density at radius 2 is 1.72 bits per heavy atom. The molecular weight excluding hydrogens is 378 g/mol. The van der Waals surface area contributed by atoms with Crippen molar-refractivity contribution in [3.05, 3.63) is 63.6 Å². The topological polar surface area (TPSA) is 38.3 Å². The number of amides is 1. The van der Waals surface area contributed by atoms with E-state index in [1.165, 1.54) is 30.4 Å². The second-order valence-electron chi connectivity index (χ2n) is 6.68. The van der Waals surface area contributed by atoms with Crippen LogP contribution in [0, 0.1) is 0 Å². The molecule has 1 aliphatic carbocycles. The zero-order valence-electron chi connectivity index (χ0n) is 14.7. The molecule has 2 aromatic carbocycles. The molecule has 0 aliphatic heterocycles. The molecule has 1 aliphatic rings. The average molecular weight is 402 g/mol. The van der Waals surface area contributed by atoms with Crippen LogP contribution in [0.15, 0.2) is 46.9 Å². The van der Waals surface area contributed by atoms with E-state index < -0.39 is 6.10 Å². The number of hydrogen-bond donors (Lipinski definition) is 1. The van der Waals surface area contributed by atoms with Crippen molar-refractivity contribution in [1.82, 2.24) is 5.32 Å². The Bertz CT molecular complexity index is 742. The summed E-state index contributed by atoms with van der Waals surface area (Å²) in [7, 11) is 0. The quantitative estimate of drug-likeness (QED) is 0.767. The first-order valence-electron chi connectivity index (χ1n) is 8.87. The molecule has 0 fully saturated rings. The van der Waals surface area contributed by atoms with Crippen molar-refractivity contribution >= 4 is 21.8 Å². The summed E-state index contributed by atoms with van der Waals surface area (Å²) in [6, 6.07) is 14.1. The number of benzene rings is 2. The van der Waals surface area contributed by atoms with Crippen LogP contribution in [0.2, 0.25) is 0 Å². The summed E-state index contributed by atoms with van der Waals surface area (Å²) in [5, 5.41) is 3.06. The van der Waals surface area contributed by atoms with Gasteiger partial charge in [-0.1, -0.05) is 34.1 Å². The molecule has 0 aromatic heterocycles. The Kier molecular flexibility index (Phi) is 5.79. The van der Waals surface area contributed by atoms with E-state index in [0.29, 0.717) is 5.75 Å². The van der Waals surface area contributed by atoms with Crippen molar-refractivity contribution in [1.29, 1.82) is 0 Å². The molecule has 3 nitrogen and oxygen atoms in total. The maximum atomic E-state index is 12.4. The van der Waals surface area contributed by atoms with Gasteiger partial charge in [-0.2, -0.15) is 0 Å². The number of carbonyl (C=O) groups excluding carboxylic acids is 1. The summed E-state index contributed by atoms with van der Waals surface area (Å²) in [5.74, 6) is 0.584.